The number of aryl methyl sites for hydroxylation is 1. The van der Waals surface area contributed by atoms with Gasteiger partial charge in [0.15, 0.2) is 5.69 Å². The van der Waals surface area contributed by atoms with Gasteiger partial charge in [-0.3, -0.25) is 14.7 Å². The number of hydrogen-bond donors (Lipinski definition) is 3. The molecule has 1 aliphatic heterocycles. The number of anilines is 1. The Bertz CT molecular complexity index is 513. The molecule has 1 aromatic rings. The highest BCUT2D eigenvalue weighted by Gasteiger charge is 2.34. The molecule has 2 rings (SSSR count). The van der Waals surface area contributed by atoms with E-state index in [9.17, 15) is 9.59 Å². The molecule has 8 nitrogen and oxygen atoms in total. The van der Waals surface area contributed by atoms with Crippen LogP contribution in [0.4, 0.5) is 5.69 Å². The molecule has 2 amide bonds. The molecule has 0 aliphatic carbocycles. The second-order valence-corrected chi connectivity index (χ2v) is 4.71. The van der Waals surface area contributed by atoms with Gasteiger partial charge in [-0.15, -0.1) is 0 Å². The third-order valence-corrected chi connectivity index (χ3v) is 3.30. The van der Waals surface area contributed by atoms with Gasteiger partial charge in [0, 0.05) is 6.54 Å². The fraction of sp³-hybridized carbons (Fsp3) is 0.583. The van der Waals surface area contributed by atoms with E-state index in [1.165, 1.54) is 4.90 Å². The molecule has 1 unspecified atom stereocenters. The Morgan fingerprint density at radius 2 is 2.30 bits per heavy atom. The number of nitrogens with one attached hydrogen (secondary N) is 1. The van der Waals surface area contributed by atoms with Crippen LogP contribution < -0.4 is 11.5 Å². The number of nitrogen functional groups attached to an aromatic ring is 1. The van der Waals surface area contributed by atoms with Crippen molar-refractivity contribution in [2.24, 2.45) is 5.73 Å². The maximum atomic E-state index is 12.5. The number of H-pyrrole nitrogens is 1. The number of morpholine rings is 1. The quantitative estimate of drug-likeness (QED) is 0.670. The topological polar surface area (TPSA) is 127 Å². The number of aromatic nitrogens is 2. The molecular formula is C12H19N5O3. The maximum Gasteiger partial charge on any atom is 0.277 e. The Hall–Kier alpha value is -2.09. The molecule has 1 saturated heterocycles. The first kappa shape index (κ1) is 14.3. The van der Waals surface area contributed by atoms with E-state index in [1.54, 1.807) is 0 Å². The van der Waals surface area contributed by atoms with Gasteiger partial charge in [-0.25, -0.2) is 0 Å². The number of ether oxygens (including phenoxy) is 1. The number of amides is 2. The van der Waals surface area contributed by atoms with E-state index in [4.69, 9.17) is 16.2 Å². The number of hydrogen-bond acceptors (Lipinski definition) is 5. The molecule has 1 fully saturated rings. The predicted octanol–water partition coefficient (Wildman–Crippen LogP) is -0.729. The minimum Gasteiger partial charge on any atom is -0.395 e. The van der Waals surface area contributed by atoms with Crippen LogP contribution in [0, 0.1) is 0 Å². The summed E-state index contributed by atoms with van der Waals surface area (Å²) >= 11 is 0. The number of nitrogens with zero attached hydrogens (tertiary/aromatic N) is 2. The van der Waals surface area contributed by atoms with Gasteiger partial charge in [-0.1, -0.05) is 13.3 Å². The molecule has 5 N–H and O–H groups in total. The van der Waals surface area contributed by atoms with Crippen molar-refractivity contribution in [1.29, 1.82) is 0 Å². The van der Waals surface area contributed by atoms with Gasteiger partial charge < -0.3 is 21.1 Å². The molecular weight excluding hydrogens is 262 g/mol. The normalized spacial score (nSPS) is 19.1. The first-order chi connectivity index (χ1) is 9.56. The van der Waals surface area contributed by atoms with Gasteiger partial charge in [-0.2, -0.15) is 5.10 Å². The van der Waals surface area contributed by atoms with E-state index in [-0.39, 0.29) is 12.3 Å². The summed E-state index contributed by atoms with van der Waals surface area (Å²) in [4.78, 5) is 25.2. The number of rotatable bonds is 4. The summed E-state index contributed by atoms with van der Waals surface area (Å²) in [6.45, 7) is 2.77. The third kappa shape index (κ3) is 2.60. The van der Waals surface area contributed by atoms with Gasteiger partial charge in [0.1, 0.15) is 6.04 Å². The third-order valence-electron chi connectivity index (χ3n) is 3.30. The van der Waals surface area contributed by atoms with Crippen molar-refractivity contribution in [2.75, 3.05) is 25.5 Å². The van der Waals surface area contributed by atoms with Crippen molar-refractivity contribution >= 4 is 17.5 Å². The summed E-state index contributed by atoms with van der Waals surface area (Å²) in [5.74, 6) is -0.992. The van der Waals surface area contributed by atoms with Gasteiger partial charge in [0.2, 0.25) is 5.91 Å². The number of primary amides is 1. The van der Waals surface area contributed by atoms with Crippen molar-refractivity contribution in [1.82, 2.24) is 15.1 Å². The summed E-state index contributed by atoms with van der Waals surface area (Å²) < 4.78 is 5.18. The summed E-state index contributed by atoms with van der Waals surface area (Å²) in [5.41, 5.74) is 12.4. The van der Waals surface area contributed by atoms with E-state index in [2.05, 4.69) is 10.2 Å². The molecule has 1 aliphatic rings. The fourth-order valence-corrected chi connectivity index (χ4v) is 2.21. The zero-order valence-electron chi connectivity index (χ0n) is 11.4. The highest BCUT2D eigenvalue weighted by molar-refractivity contribution is 6.00. The van der Waals surface area contributed by atoms with E-state index < -0.39 is 17.9 Å². The van der Waals surface area contributed by atoms with Gasteiger partial charge in [-0.05, 0) is 6.42 Å². The van der Waals surface area contributed by atoms with Crippen LogP contribution in [0.3, 0.4) is 0 Å². The van der Waals surface area contributed by atoms with Crippen LogP contribution in [0.5, 0.6) is 0 Å². The largest absolute Gasteiger partial charge is 0.395 e. The number of aromatic amines is 1. The maximum absolute atomic E-state index is 12.5. The number of nitrogens with two attached hydrogens (primary N) is 2. The smallest absolute Gasteiger partial charge is 0.277 e. The van der Waals surface area contributed by atoms with Crippen LogP contribution in [0.2, 0.25) is 0 Å². The first-order valence-corrected chi connectivity index (χ1v) is 6.57. The van der Waals surface area contributed by atoms with Crippen LogP contribution >= 0.6 is 0 Å². The van der Waals surface area contributed by atoms with Crippen LogP contribution in [-0.2, 0) is 16.0 Å². The fourth-order valence-electron chi connectivity index (χ4n) is 2.21. The highest BCUT2D eigenvalue weighted by Crippen LogP contribution is 2.19. The van der Waals surface area contributed by atoms with Crippen LogP contribution in [0.15, 0.2) is 0 Å². The minimum atomic E-state index is -0.776. The monoisotopic (exact) mass is 281 g/mol. The summed E-state index contributed by atoms with van der Waals surface area (Å²) in [6, 6.07) is -0.776. The van der Waals surface area contributed by atoms with Crippen LogP contribution in [0.25, 0.3) is 0 Å². The van der Waals surface area contributed by atoms with Crippen LogP contribution in [0.1, 0.15) is 29.5 Å². The summed E-state index contributed by atoms with van der Waals surface area (Å²) in [5, 5.41) is 6.74. The molecule has 0 saturated carbocycles. The lowest BCUT2D eigenvalue weighted by molar-refractivity contribution is -0.127. The Kier molecular flexibility index (Phi) is 4.23. The minimum absolute atomic E-state index is 0.104. The average molecular weight is 281 g/mol. The van der Waals surface area contributed by atoms with Gasteiger partial charge in [0.05, 0.1) is 24.6 Å². The SMILES string of the molecule is CCCc1[nH]nc(C(=O)N2CCOCC2C(N)=O)c1N. The lowest BCUT2D eigenvalue weighted by atomic mass is 10.1. The molecule has 8 heteroatoms. The van der Waals surface area contributed by atoms with E-state index in [0.717, 1.165) is 12.1 Å². The lowest BCUT2D eigenvalue weighted by Gasteiger charge is -2.33. The standard InChI is InChI=1S/C12H19N5O3/c1-2-3-7-9(13)10(16-15-7)12(19)17-4-5-20-6-8(17)11(14)18/h8H,2-6,13H2,1H3,(H2,14,18)(H,15,16). The molecule has 20 heavy (non-hydrogen) atoms. The first-order valence-electron chi connectivity index (χ1n) is 6.57. The van der Waals surface area contributed by atoms with Crippen molar-refractivity contribution in [3.63, 3.8) is 0 Å². The number of carbonyl (C=O) groups is 2. The van der Waals surface area contributed by atoms with Gasteiger partial charge >= 0.3 is 0 Å². The van der Waals surface area contributed by atoms with Gasteiger partial charge in [0.25, 0.3) is 5.91 Å². The van der Waals surface area contributed by atoms with Crippen molar-refractivity contribution in [2.45, 2.75) is 25.8 Å². The zero-order valence-corrected chi connectivity index (χ0v) is 11.4. The highest BCUT2D eigenvalue weighted by atomic mass is 16.5. The van der Waals surface area contributed by atoms with Crippen molar-refractivity contribution in [3.8, 4) is 0 Å². The Morgan fingerprint density at radius 3 is 2.95 bits per heavy atom. The molecule has 0 aromatic carbocycles. The van der Waals surface area contributed by atoms with Crippen LogP contribution in [-0.4, -0.2) is 52.7 Å². The van der Waals surface area contributed by atoms with Crippen molar-refractivity contribution < 1.29 is 14.3 Å². The van der Waals surface area contributed by atoms with E-state index in [1.807, 2.05) is 6.92 Å². The Morgan fingerprint density at radius 1 is 1.55 bits per heavy atom. The van der Waals surface area contributed by atoms with E-state index in [0.29, 0.717) is 25.3 Å². The molecule has 0 spiro atoms. The summed E-state index contributed by atoms with van der Waals surface area (Å²) in [7, 11) is 0. The summed E-state index contributed by atoms with van der Waals surface area (Å²) in [6.07, 6.45) is 1.61. The lowest BCUT2D eigenvalue weighted by Crippen LogP contribution is -2.54. The Labute approximate surface area is 116 Å². The zero-order chi connectivity index (χ0) is 14.7. The predicted molar refractivity (Wildman–Crippen MR) is 71.8 cm³/mol. The Balaban J connectivity index is 2.23. The van der Waals surface area contributed by atoms with E-state index >= 15 is 0 Å². The molecule has 2 heterocycles. The number of carbonyl (C=O) groups excluding carboxylic acids is 2. The molecule has 0 bridgehead atoms. The molecule has 1 atom stereocenters. The average Bonchev–Trinajstić information content (AvgIpc) is 2.80. The molecule has 110 valence electrons. The molecule has 1 aromatic heterocycles. The second-order valence-electron chi connectivity index (χ2n) is 4.71. The second kappa shape index (κ2) is 5.91. The molecule has 0 radical (unpaired) electrons. The van der Waals surface area contributed by atoms with Crippen molar-refractivity contribution in [3.05, 3.63) is 11.4 Å².